The van der Waals surface area contributed by atoms with E-state index in [9.17, 15) is 4.79 Å². The number of hydrogen-bond acceptors (Lipinski definition) is 6. The highest BCUT2D eigenvalue weighted by Gasteiger charge is 2.24. The zero-order valence-corrected chi connectivity index (χ0v) is 21.3. The van der Waals surface area contributed by atoms with Crippen molar-refractivity contribution in [3.05, 3.63) is 58.1 Å². The molecule has 2 heterocycles. The highest BCUT2D eigenvalue weighted by molar-refractivity contribution is 6.32. The van der Waals surface area contributed by atoms with Gasteiger partial charge in [-0.3, -0.25) is 4.79 Å². The molecule has 7 nitrogen and oxygen atoms in total. The van der Waals surface area contributed by atoms with Crippen LogP contribution >= 0.6 is 11.6 Å². The summed E-state index contributed by atoms with van der Waals surface area (Å²) in [6, 6.07) is 5.87. The van der Waals surface area contributed by atoms with Crippen LogP contribution in [0.25, 0.3) is 0 Å². The van der Waals surface area contributed by atoms with E-state index in [4.69, 9.17) is 26.1 Å². The summed E-state index contributed by atoms with van der Waals surface area (Å²) in [4.78, 5) is 22.3. The Hall–Kier alpha value is -3.06. The zero-order valence-electron chi connectivity index (χ0n) is 20.6. The number of amidine groups is 1. The molecule has 1 aromatic rings. The van der Waals surface area contributed by atoms with Crippen LogP contribution in [0.4, 0.5) is 5.69 Å². The van der Waals surface area contributed by atoms with Gasteiger partial charge in [-0.2, -0.15) is 0 Å². The van der Waals surface area contributed by atoms with Crippen molar-refractivity contribution in [1.82, 2.24) is 5.32 Å². The smallest absolute Gasteiger partial charge is 0.227 e. The van der Waals surface area contributed by atoms with Crippen molar-refractivity contribution < 1.29 is 14.3 Å². The number of allylic oxidation sites excluding steroid dienone is 2. The molecule has 2 bridgehead atoms. The van der Waals surface area contributed by atoms with Crippen molar-refractivity contribution in [2.24, 2.45) is 21.8 Å². The Morgan fingerprint density at radius 3 is 2.80 bits per heavy atom. The molecule has 0 radical (unpaired) electrons. The fourth-order valence-electron chi connectivity index (χ4n) is 4.34. The molecule has 2 N–H and O–H groups in total. The Morgan fingerprint density at radius 2 is 1.97 bits per heavy atom. The molecule has 1 amide bonds. The van der Waals surface area contributed by atoms with Crippen LogP contribution in [0, 0.1) is 11.8 Å². The van der Waals surface area contributed by atoms with Crippen LogP contribution in [-0.2, 0) is 9.53 Å². The topological polar surface area (TPSA) is 84.3 Å². The predicted molar refractivity (Wildman–Crippen MR) is 141 cm³/mol. The van der Waals surface area contributed by atoms with Gasteiger partial charge in [0.15, 0.2) is 5.84 Å². The highest BCUT2D eigenvalue weighted by atomic mass is 35.5. The maximum Gasteiger partial charge on any atom is 0.227 e. The van der Waals surface area contributed by atoms with Gasteiger partial charge >= 0.3 is 0 Å². The van der Waals surface area contributed by atoms with E-state index >= 15 is 0 Å². The molecule has 186 valence electrons. The minimum atomic E-state index is -0.123. The summed E-state index contributed by atoms with van der Waals surface area (Å²) in [6.45, 7) is 4.77. The second kappa shape index (κ2) is 11.6. The third-order valence-electron chi connectivity index (χ3n) is 6.79. The van der Waals surface area contributed by atoms with Crippen LogP contribution in [0.15, 0.2) is 62.5 Å². The Labute approximate surface area is 212 Å². The van der Waals surface area contributed by atoms with E-state index in [1.807, 2.05) is 31.2 Å². The van der Waals surface area contributed by atoms with E-state index in [1.165, 1.54) is 0 Å². The standard InChI is InChI=1S/C27H33ClN4O3/c1-17-8-6-4-5-7-13-35-19-9-11-23-20(14-19)26(31-16-30-23)32-25-21(15-29-27(33)18(17)2)22(28)10-12-24(25)34-3/h9-11,14-18H,4-8,12-13H2,1-3H3,(H,29,33)(H,30,31,32)/b21-15+. The maximum atomic E-state index is 12.9. The Balaban J connectivity index is 1.75. The SMILES string of the molecule is COC1=C2/N=C3\N=CNc4ccc(cc43)OCCCCCCC(C)C(C)C(=O)N/C=C/2C(Cl)=CC1. The lowest BCUT2D eigenvalue weighted by molar-refractivity contribution is -0.125. The van der Waals surface area contributed by atoms with E-state index in [2.05, 4.69) is 22.5 Å². The van der Waals surface area contributed by atoms with Gasteiger partial charge in [-0.15, -0.1) is 0 Å². The summed E-state index contributed by atoms with van der Waals surface area (Å²) >= 11 is 6.60. The summed E-state index contributed by atoms with van der Waals surface area (Å²) in [7, 11) is 1.61. The van der Waals surface area contributed by atoms with Crippen molar-refractivity contribution in [3.63, 3.8) is 0 Å². The van der Waals surface area contributed by atoms with Crippen molar-refractivity contribution in [2.75, 3.05) is 19.0 Å². The molecule has 0 fully saturated rings. The van der Waals surface area contributed by atoms with Gasteiger partial charge in [-0.05, 0) is 37.0 Å². The lowest BCUT2D eigenvalue weighted by atomic mass is 9.90. The van der Waals surface area contributed by atoms with Gasteiger partial charge in [-0.1, -0.05) is 50.8 Å². The molecule has 2 atom stereocenters. The first-order valence-corrected chi connectivity index (χ1v) is 12.6. The first-order chi connectivity index (χ1) is 17.0. The normalized spacial score (nSPS) is 26.6. The van der Waals surface area contributed by atoms with Crippen LogP contribution in [-0.4, -0.2) is 31.8 Å². The van der Waals surface area contributed by atoms with Crippen LogP contribution in [0.5, 0.6) is 5.75 Å². The number of halogens is 1. The molecule has 2 unspecified atom stereocenters. The molecule has 8 heteroatoms. The second-order valence-electron chi connectivity index (χ2n) is 9.16. The van der Waals surface area contributed by atoms with Crippen molar-refractivity contribution in [1.29, 1.82) is 0 Å². The molecule has 4 rings (SSSR count). The lowest BCUT2D eigenvalue weighted by Gasteiger charge is -2.21. The number of aliphatic imine (C=N–C) groups is 2. The molecule has 1 aromatic carbocycles. The number of carbonyl (C=O) groups excluding carboxylic acids is 1. The molecule has 0 saturated carbocycles. The van der Waals surface area contributed by atoms with Gasteiger partial charge in [0.2, 0.25) is 5.91 Å². The molecular formula is C27H33ClN4O3. The van der Waals surface area contributed by atoms with Gasteiger partial charge in [0.25, 0.3) is 0 Å². The number of methoxy groups -OCH3 is 1. The number of fused-ring (bicyclic) bond motifs is 2. The lowest BCUT2D eigenvalue weighted by Crippen LogP contribution is -2.29. The number of anilines is 1. The number of rotatable bonds is 1. The number of nitrogens with zero attached hydrogens (tertiary/aromatic N) is 2. The molecule has 3 aliphatic rings. The minimum Gasteiger partial charge on any atom is -0.498 e. The predicted octanol–water partition coefficient (Wildman–Crippen LogP) is 5.89. The first-order valence-electron chi connectivity index (χ1n) is 12.3. The Morgan fingerprint density at radius 1 is 1.14 bits per heavy atom. The number of amides is 1. The van der Waals surface area contributed by atoms with Gasteiger partial charge in [0.05, 0.1) is 25.7 Å². The molecule has 35 heavy (non-hydrogen) atoms. The number of benzene rings is 1. The van der Waals surface area contributed by atoms with E-state index in [0.29, 0.717) is 40.9 Å². The van der Waals surface area contributed by atoms with Crippen LogP contribution in [0.3, 0.4) is 0 Å². The molecule has 0 aromatic heterocycles. The summed E-state index contributed by atoms with van der Waals surface area (Å²) in [5.74, 6) is 2.06. The van der Waals surface area contributed by atoms with Crippen molar-refractivity contribution >= 4 is 35.4 Å². The number of ether oxygens (including phenoxy) is 2. The van der Waals surface area contributed by atoms with Gasteiger partial charge in [0.1, 0.15) is 17.2 Å². The number of carbonyl (C=O) groups is 1. The fraction of sp³-hybridized carbons (Fsp3) is 0.444. The molecule has 2 aliphatic heterocycles. The summed E-state index contributed by atoms with van der Waals surface area (Å²) in [5.41, 5.74) is 2.85. The van der Waals surface area contributed by atoms with E-state index in [-0.39, 0.29) is 17.7 Å². The van der Waals surface area contributed by atoms with Crippen molar-refractivity contribution in [3.8, 4) is 5.75 Å². The zero-order chi connectivity index (χ0) is 24.8. The number of hydrogen-bond donors (Lipinski definition) is 2. The average Bonchev–Trinajstić information content (AvgIpc) is 2.87. The molecular weight excluding hydrogens is 464 g/mol. The maximum absolute atomic E-state index is 12.9. The van der Waals surface area contributed by atoms with Crippen LogP contribution < -0.4 is 15.4 Å². The molecule has 1 aliphatic carbocycles. The van der Waals surface area contributed by atoms with E-state index < -0.39 is 0 Å². The highest BCUT2D eigenvalue weighted by Crippen LogP contribution is 2.35. The molecule has 0 spiro atoms. The molecule has 0 saturated heterocycles. The summed E-state index contributed by atoms with van der Waals surface area (Å²) in [6.07, 6.45) is 10.9. The van der Waals surface area contributed by atoms with Crippen molar-refractivity contribution in [2.45, 2.75) is 52.4 Å². The van der Waals surface area contributed by atoms with Crippen LogP contribution in [0.1, 0.15) is 57.9 Å². The fourth-order valence-corrected chi connectivity index (χ4v) is 4.56. The Kier molecular flexibility index (Phi) is 8.29. The monoisotopic (exact) mass is 496 g/mol. The largest absolute Gasteiger partial charge is 0.498 e. The third kappa shape index (κ3) is 5.96. The van der Waals surface area contributed by atoms with E-state index in [0.717, 1.165) is 49.1 Å². The van der Waals surface area contributed by atoms with Crippen LogP contribution in [0.2, 0.25) is 0 Å². The quantitative estimate of drug-likeness (QED) is 0.508. The first kappa shape index (κ1) is 25.0. The summed E-state index contributed by atoms with van der Waals surface area (Å²) < 4.78 is 11.7. The van der Waals surface area contributed by atoms with E-state index in [1.54, 1.807) is 19.6 Å². The number of nitrogens with one attached hydrogen (secondary N) is 2. The van der Waals surface area contributed by atoms with Gasteiger partial charge in [0, 0.05) is 34.7 Å². The minimum absolute atomic E-state index is 0.0350. The van der Waals surface area contributed by atoms with Gasteiger partial charge in [-0.25, -0.2) is 9.98 Å². The second-order valence-corrected chi connectivity index (χ2v) is 9.57. The average molecular weight is 497 g/mol. The Bertz CT molecular complexity index is 1120. The summed E-state index contributed by atoms with van der Waals surface area (Å²) in [5, 5.41) is 6.63. The van der Waals surface area contributed by atoms with Gasteiger partial charge < -0.3 is 20.1 Å². The third-order valence-corrected chi connectivity index (χ3v) is 7.15.